The Hall–Kier alpha value is -3.31. The molecule has 0 aliphatic carbocycles. The molecule has 0 radical (unpaired) electrons. The Bertz CT molecular complexity index is 1200. The van der Waals surface area contributed by atoms with Crippen LogP contribution in [0, 0.1) is 6.92 Å². The van der Waals surface area contributed by atoms with Crippen molar-refractivity contribution in [2.75, 3.05) is 11.9 Å². The van der Waals surface area contributed by atoms with E-state index in [1.54, 1.807) is 36.4 Å². The van der Waals surface area contributed by atoms with Gasteiger partial charge < -0.3 is 14.5 Å². The molecule has 0 fully saturated rings. The lowest BCUT2D eigenvalue weighted by atomic mass is 10.1. The summed E-state index contributed by atoms with van der Waals surface area (Å²) in [7, 11) is 0. The highest BCUT2D eigenvalue weighted by Crippen LogP contribution is 2.29. The first-order valence-corrected chi connectivity index (χ1v) is 9.62. The van der Waals surface area contributed by atoms with Crippen LogP contribution < -0.4 is 10.1 Å². The van der Waals surface area contributed by atoms with E-state index in [9.17, 15) is 4.79 Å². The summed E-state index contributed by atoms with van der Waals surface area (Å²) >= 11 is 6.21. The van der Waals surface area contributed by atoms with Crippen LogP contribution in [-0.2, 0) is 0 Å². The fourth-order valence-electron chi connectivity index (χ4n) is 2.95. The third-order valence-corrected chi connectivity index (χ3v) is 4.88. The second-order valence-corrected chi connectivity index (χ2v) is 6.99. The number of hydrogen-bond acceptors (Lipinski definition) is 4. The maximum absolute atomic E-state index is 12.6. The number of hydrogen-bond donors (Lipinski definition) is 1. The number of carbonyl (C=O) groups is 1. The first-order valence-electron chi connectivity index (χ1n) is 9.25. The van der Waals surface area contributed by atoms with Gasteiger partial charge in [0.15, 0.2) is 5.58 Å². The zero-order valence-electron chi connectivity index (χ0n) is 16.0. The smallest absolute Gasteiger partial charge is 0.255 e. The summed E-state index contributed by atoms with van der Waals surface area (Å²) < 4.78 is 11.3. The van der Waals surface area contributed by atoms with Gasteiger partial charge in [0.25, 0.3) is 5.91 Å². The Morgan fingerprint density at radius 3 is 2.79 bits per heavy atom. The molecule has 0 saturated heterocycles. The molecule has 1 aromatic heterocycles. The van der Waals surface area contributed by atoms with Crippen molar-refractivity contribution in [3.63, 3.8) is 0 Å². The predicted octanol–water partition coefficient (Wildman–Crippen LogP) is 6.11. The van der Waals surface area contributed by atoms with Gasteiger partial charge in [0, 0.05) is 21.8 Å². The maximum atomic E-state index is 12.6. The van der Waals surface area contributed by atoms with Gasteiger partial charge >= 0.3 is 0 Å². The molecule has 0 atom stereocenters. The molecule has 146 valence electrons. The number of nitrogens with one attached hydrogen (secondary N) is 1. The molecule has 1 N–H and O–H groups in total. The van der Waals surface area contributed by atoms with Crippen LogP contribution in [0.1, 0.15) is 22.8 Å². The van der Waals surface area contributed by atoms with Crippen molar-refractivity contribution in [3.8, 4) is 17.2 Å². The van der Waals surface area contributed by atoms with Crippen LogP contribution in [0.3, 0.4) is 0 Å². The minimum atomic E-state index is -0.222. The van der Waals surface area contributed by atoms with Gasteiger partial charge in [0.1, 0.15) is 11.3 Å². The summed E-state index contributed by atoms with van der Waals surface area (Å²) in [5.41, 5.74) is 4.22. The molecule has 6 heteroatoms. The monoisotopic (exact) mass is 406 g/mol. The number of anilines is 1. The standard InChI is InChI=1S/C23H19ClN2O3/c1-3-28-18-6-4-5-15(11-18)22(27)25-17-9-10-21-20(13-17)26-23(29-21)16-8-7-14(2)19(24)12-16/h4-13H,3H2,1-2H3,(H,25,27). The number of ether oxygens (including phenoxy) is 1. The van der Waals surface area contributed by atoms with Crippen LogP contribution >= 0.6 is 11.6 Å². The zero-order valence-corrected chi connectivity index (χ0v) is 16.8. The zero-order chi connectivity index (χ0) is 20.4. The number of amides is 1. The first-order chi connectivity index (χ1) is 14.0. The Morgan fingerprint density at radius 1 is 1.14 bits per heavy atom. The van der Waals surface area contributed by atoms with E-state index >= 15 is 0 Å². The van der Waals surface area contributed by atoms with E-state index in [-0.39, 0.29) is 5.91 Å². The molecular formula is C23H19ClN2O3. The Labute approximate surface area is 173 Å². The third kappa shape index (κ3) is 4.10. The van der Waals surface area contributed by atoms with Gasteiger partial charge in [-0.2, -0.15) is 0 Å². The predicted molar refractivity (Wildman–Crippen MR) is 115 cm³/mol. The van der Waals surface area contributed by atoms with Crippen LogP contribution in [0.15, 0.2) is 65.1 Å². The van der Waals surface area contributed by atoms with Crippen molar-refractivity contribution >= 4 is 34.3 Å². The molecule has 4 rings (SSSR count). The Balaban J connectivity index is 1.58. The second-order valence-electron chi connectivity index (χ2n) is 6.58. The number of rotatable bonds is 5. The summed E-state index contributed by atoms with van der Waals surface area (Å²) in [5, 5.41) is 3.55. The van der Waals surface area contributed by atoms with Crippen LogP contribution in [0.4, 0.5) is 5.69 Å². The Morgan fingerprint density at radius 2 is 2.00 bits per heavy atom. The van der Waals surface area contributed by atoms with E-state index < -0.39 is 0 Å². The number of aromatic nitrogens is 1. The fraction of sp³-hybridized carbons (Fsp3) is 0.130. The minimum absolute atomic E-state index is 0.222. The summed E-state index contributed by atoms with van der Waals surface area (Å²) in [4.78, 5) is 17.1. The highest BCUT2D eigenvalue weighted by atomic mass is 35.5. The lowest BCUT2D eigenvalue weighted by molar-refractivity contribution is 0.102. The average molecular weight is 407 g/mol. The third-order valence-electron chi connectivity index (χ3n) is 4.47. The van der Waals surface area contributed by atoms with Crippen LogP contribution in [0.2, 0.25) is 5.02 Å². The first kappa shape index (κ1) is 19.0. The summed E-state index contributed by atoms with van der Waals surface area (Å²) in [6, 6.07) is 18.1. The lowest BCUT2D eigenvalue weighted by Crippen LogP contribution is -2.11. The maximum Gasteiger partial charge on any atom is 0.255 e. The van der Waals surface area contributed by atoms with Crippen molar-refractivity contribution in [3.05, 3.63) is 76.8 Å². The largest absolute Gasteiger partial charge is 0.494 e. The lowest BCUT2D eigenvalue weighted by Gasteiger charge is -2.07. The quantitative estimate of drug-likeness (QED) is 0.434. The number of aryl methyl sites for hydroxylation is 1. The SMILES string of the molecule is CCOc1cccc(C(=O)Nc2ccc3oc(-c4ccc(C)c(Cl)c4)nc3c2)c1. The second kappa shape index (κ2) is 7.97. The molecule has 0 aliphatic heterocycles. The van der Waals surface area contributed by atoms with E-state index in [2.05, 4.69) is 10.3 Å². The van der Waals surface area contributed by atoms with Gasteiger partial charge in [-0.1, -0.05) is 23.7 Å². The van der Waals surface area contributed by atoms with Gasteiger partial charge in [0.05, 0.1) is 6.61 Å². The number of benzene rings is 3. The molecule has 4 aromatic rings. The van der Waals surface area contributed by atoms with E-state index in [4.69, 9.17) is 20.8 Å². The van der Waals surface area contributed by atoms with Gasteiger partial charge in [0.2, 0.25) is 5.89 Å². The molecular weight excluding hydrogens is 388 g/mol. The van der Waals surface area contributed by atoms with Crippen molar-refractivity contribution in [1.82, 2.24) is 4.98 Å². The summed E-state index contributed by atoms with van der Waals surface area (Å²) in [5.74, 6) is 0.920. The number of oxazole rings is 1. The number of halogens is 1. The molecule has 29 heavy (non-hydrogen) atoms. The molecule has 3 aromatic carbocycles. The van der Waals surface area contributed by atoms with Crippen molar-refractivity contribution < 1.29 is 13.9 Å². The highest BCUT2D eigenvalue weighted by molar-refractivity contribution is 6.31. The molecule has 0 unspecified atom stereocenters. The van der Waals surface area contributed by atoms with Gasteiger partial charge in [-0.05, 0) is 67.9 Å². The van der Waals surface area contributed by atoms with Crippen molar-refractivity contribution in [2.45, 2.75) is 13.8 Å². The van der Waals surface area contributed by atoms with E-state index in [0.29, 0.717) is 45.6 Å². The highest BCUT2D eigenvalue weighted by Gasteiger charge is 2.12. The molecule has 0 saturated carbocycles. The summed E-state index contributed by atoms with van der Waals surface area (Å²) in [6.45, 7) is 4.39. The van der Waals surface area contributed by atoms with Crippen LogP contribution in [-0.4, -0.2) is 17.5 Å². The van der Waals surface area contributed by atoms with Gasteiger partial charge in [-0.15, -0.1) is 0 Å². The number of fused-ring (bicyclic) bond motifs is 1. The average Bonchev–Trinajstić information content (AvgIpc) is 3.14. The Kier molecular flexibility index (Phi) is 5.23. The van der Waals surface area contributed by atoms with E-state index in [0.717, 1.165) is 11.1 Å². The van der Waals surface area contributed by atoms with E-state index in [1.807, 2.05) is 38.1 Å². The molecule has 1 heterocycles. The molecule has 0 bridgehead atoms. The molecule has 0 spiro atoms. The molecule has 0 aliphatic rings. The molecule has 1 amide bonds. The topological polar surface area (TPSA) is 64.4 Å². The van der Waals surface area contributed by atoms with Crippen molar-refractivity contribution in [2.24, 2.45) is 0 Å². The van der Waals surface area contributed by atoms with Crippen LogP contribution in [0.5, 0.6) is 5.75 Å². The van der Waals surface area contributed by atoms with Gasteiger partial charge in [-0.25, -0.2) is 4.98 Å². The molecule has 5 nitrogen and oxygen atoms in total. The minimum Gasteiger partial charge on any atom is -0.494 e. The van der Waals surface area contributed by atoms with E-state index in [1.165, 1.54) is 0 Å². The summed E-state index contributed by atoms with van der Waals surface area (Å²) in [6.07, 6.45) is 0. The number of nitrogens with zero attached hydrogens (tertiary/aromatic N) is 1. The van der Waals surface area contributed by atoms with Crippen LogP contribution in [0.25, 0.3) is 22.6 Å². The van der Waals surface area contributed by atoms with Crippen molar-refractivity contribution in [1.29, 1.82) is 0 Å². The fourth-order valence-corrected chi connectivity index (χ4v) is 3.13. The number of carbonyl (C=O) groups excluding carboxylic acids is 1. The normalized spacial score (nSPS) is 10.9. The van der Waals surface area contributed by atoms with Gasteiger partial charge in [-0.3, -0.25) is 4.79 Å².